The Morgan fingerprint density at radius 2 is 2.09 bits per heavy atom. The monoisotopic (exact) mass is 493 g/mol. The zero-order valence-corrected chi connectivity index (χ0v) is 20.0. The second kappa shape index (κ2) is 10.2. The molecule has 2 amide bonds. The summed E-state index contributed by atoms with van der Waals surface area (Å²) in [6, 6.07) is 5.28. The molecular weight excluding hydrogens is 470 g/mol. The Kier molecular flexibility index (Phi) is 7.37. The third kappa shape index (κ3) is 5.27. The highest BCUT2D eigenvalue weighted by Crippen LogP contribution is 2.38. The molecule has 170 valence electrons. The largest absolute Gasteiger partial charge is 0.452 e. The molecule has 4 rings (SSSR count). The number of fused-ring (bicyclic) bond motifs is 1. The van der Waals surface area contributed by atoms with Gasteiger partial charge in [-0.2, -0.15) is 0 Å². The van der Waals surface area contributed by atoms with Crippen LogP contribution in [0.4, 0.5) is 10.8 Å². The van der Waals surface area contributed by atoms with Gasteiger partial charge in [-0.3, -0.25) is 19.3 Å². The minimum Gasteiger partial charge on any atom is -0.452 e. The molecule has 2 aliphatic rings. The van der Waals surface area contributed by atoms with E-state index in [4.69, 9.17) is 16.3 Å². The fraction of sp³-hybridized carbons (Fsp3) is 0.455. The van der Waals surface area contributed by atoms with Gasteiger partial charge in [0.05, 0.1) is 17.4 Å². The summed E-state index contributed by atoms with van der Waals surface area (Å²) in [6.07, 6.45) is 5.69. The smallest absolute Gasteiger partial charge is 0.308 e. The first kappa shape index (κ1) is 23.1. The maximum Gasteiger partial charge on any atom is 0.308 e. The molecule has 10 heteroatoms. The van der Waals surface area contributed by atoms with E-state index < -0.39 is 17.3 Å². The van der Waals surface area contributed by atoms with E-state index in [1.807, 2.05) is 11.4 Å². The first-order chi connectivity index (χ1) is 15.4. The summed E-state index contributed by atoms with van der Waals surface area (Å²) < 4.78 is 5.47. The zero-order valence-electron chi connectivity index (χ0n) is 17.6. The summed E-state index contributed by atoms with van der Waals surface area (Å²) in [4.78, 5) is 45.1. The first-order valence-electron chi connectivity index (χ1n) is 10.6. The normalized spacial score (nSPS) is 19.6. The van der Waals surface area contributed by atoms with Crippen molar-refractivity contribution >= 4 is 63.3 Å². The molecule has 0 saturated heterocycles. The number of thiazole rings is 1. The number of nitrogens with zero attached hydrogens (tertiary/aromatic N) is 2. The standard InChI is InChI=1S/C22H24ClN3O4S2/c1-13(21(29)26(22-24-9-10-31-22)15-5-3-2-4-6-15)30-19(27)12-18-20(28)25-16-11-14(23)7-8-17(16)32-18/h7-11,13,15,18H,2-6,12H2,1H3,(H,25,28)/t13-,18+/m0/s1. The number of benzene rings is 1. The van der Waals surface area contributed by atoms with Gasteiger partial charge in [0.15, 0.2) is 11.2 Å². The van der Waals surface area contributed by atoms with E-state index >= 15 is 0 Å². The Balaban J connectivity index is 1.39. The van der Waals surface area contributed by atoms with Crippen LogP contribution in [0.15, 0.2) is 34.7 Å². The van der Waals surface area contributed by atoms with Crippen molar-refractivity contribution in [2.24, 2.45) is 0 Å². The number of carbonyl (C=O) groups is 3. The lowest BCUT2D eigenvalue weighted by Crippen LogP contribution is -2.47. The van der Waals surface area contributed by atoms with Crippen LogP contribution in [0.5, 0.6) is 0 Å². The minimum absolute atomic E-state index is 0.0616. The number of nitrogens with one attached hydrogen (secondary N) is 1. The Morgan fingerprint density at radius 3 is 2.81 bits per heavy atom. The molecule has 1 aliphatic carbocycles. The summed E-state index contributed by atoms with van der Waals surface area (Å²) in [7, 11) is 0. The summed E-state index contributed by atoms with van der Waals surface area (Å²) in [5, 5.41) is 5.13. The van der Waals surface area contributed by atoms with Crippen molar-refractivity contribution in [1.29, 1.82) is 0 Å². The van der Waals surface area contributed by atoms with Gasteiger partial charge in [0.1, 0.15) is 0 Å². The number of hydrogen-bond acceptors (Lipinski definition) is 7. The van der Waals surface area contributed by atoms with Crippen LogP contribution in [0.3, 0.4) is 0 Å². The Hall–Kier alpha value is -2.10. The van der Waals surface area contributed by atoms with Gasteiger partial charge >= 0.3 is 5.97 Å². The summed E-state index contributed by atoms with van der Waals surface area (Å²) in [5.41, 5.74) is 0.632. The van der Waals surface area contributed by atoms with E-state index in [1.54, 1.807) is 30.2 Å². The van der Waals surface area contributed by atoms with Crippen molar-refractivity contribution in [1.82, 2.24) is 4.98 Å². The molecular formula is C22H24ClN3O4S2. The highest BCUT2D eigenvalue weighted by atomic mass is 35.5. The van der Waals surface area contributed by atoms with Crippen LogP contribution in [0.1, 0.15) is 45.4 Å². The molecule has 32 heavy (non-hydrogen) atoms. The second-order valence-corrected chi connectivity index (χ2v) is 10.4. The molecule has 0 bridgehead atoms. The molecule has 1 aromatic carbocycles. The second-order valence-electron chi connectivity index (χ2n) is 7.89. The van der Waals surface area contributed by atoms with Gasteiger partial charge in [-0.05, 0) is 38.0 Å². The number of anilines is 2. The molecule has 0 radical (unpaired) electrons. The molecule has 2 aromatic rings. The average molecular weight is 494 g/mol. The van der Waals surface area contributed by atoms with E-state index in [-0.39, 0.29) is 24.3 Å². The number of ether oxygens (including phenoxy) is 1. The van der Waals surface area contributed by atoms with Crippen LogP contribution in [0.25, 0.3) is 0 Å². The van der Waals surface area contributed by atoms with Crippen LogP contribution in [0, 0.1) is 0 Å². The van der Waals surface area contributed by atoms with E-state index in [1.165, 1.54) is 23.1 Å². The first-order valence-corrected chi connectivity index (χ1v) is 12.7. The van der Waals surface area contributed by atoms with E-state index in [9.17, 15) is 14.4 Å². The molecule has 2 heterocycles. The summed E-state index contributed by atoms with van der Waals surface area (Å²) >= 11 is 8.67. The third-order valence-electron chi connectivity index (χ3n) is 5.57. The van der Waals surface area contributed by atoms with Crippen LogP contribution in [-0.2, 0) is 19.1 Å². The van der Waals surface area contributed by atoms with Crippen LogP contribution < -0.4 is 10.2 Å². The molecule has 1 aromatic heterocycles. The molecule has 1 fully saturated rings. The molecule has 1 saturated carbocycles. The number of thioether (sulfide) groups is 1. The number of carbonyl (C=O) groups excluding carboxylic acids is 3. The predicted octanol–water partition coefficient (Wildman–Crippen LogP) is 4.90. The van der Waals surface area contributed by atoms with Crippen molar-refractivity contribution in [3.63, 3.8) is 0 Å². The van der Waals surface area contributed by atoms with Gasteiger partial charge in [-0.15, -0.1) is 23.1 Å². The molecule has 1 N–H and O–H groups in total. The average Bonchev–Trinajstić information content (AvgIpc) is 3.29. The van der Waals surface area contributed by atoms with Gasteiger partial charge in [-0.25, -0.2) is 4.98 Å². The van der Waals surface area contributed by atoms with Crippen molar-refractivity contribution in [3.05, 3.63) is 34.8 Å². The number of amides is 2. The fourth-order valence-corrected chi connectivity index (χ4v) is 5.97. The highest BCUT2D eigenvalue weighted by Gasteiger charge is 2.35. The summed E-state index contributed by atoms with van der Waals surface area (Å²) in [5.74, 6) is -1.15. The number of esters is 1. The molecule has 2 atom stereocenters. The lowest BCUT2D eigenvalue weighted by molar-refractivity contribution is -0.154. The van der Waals surface area contributed by atoms with Gasteiger partial charge < -0.3 is 10.1 Å². The van der Waals surface area contributed by atoms with Crippen molar-refractivity contribution in [3.8, 4) is 0 Å². The van der Waals surface area contributed by atoms with Gasteiger partial charge in [0.25, 0.3) is 5.91 Å². The molecule has 1 aliphatic heterocycles. The van der Waals surface area contributed by atoms with Gasteiger partial charge in [0, 0.05) is 27.5 Å². The lowest BCUT2D eigenvalue weighted by Gasteiger charge is -2.34. The topological polar surface area (TPSA) is 88.6 Å². The SMILES string of the molecule is C[C@H](OC(=O)C[C@H]1Sc2ccc(Cl)cc2NC1=O)C(=O)N(c1nccs1)C1CCCCC1. The Morgan fingerprint density at radius 1 is 1.31 bits per heavy atom. The van der Waals surface area contributed by atoms with Gasteiger partial charge in [0.2, 0.25) is 5.91 Å². The van der Waals surface area contributed by atoms with Crippen molar-refractivity contribution < 1.29 is 19.1 Å². The molecule has 7 nitrogen and oxygen atoms in total. The maximum absolute atomic E-state index is 13.2. The fourth-order valence-electron chi connectivity index (χ4n) is 4.00. The number of hydrogen-bond donors (Lipinski definition) is 1. The quantitative estimate of drug-likeness (QED) is 0.576. The highest BCUT2D eigenvalue weighted by molar-refractivity contribution is 8.01. The molecule has 0 spiro atoms. The van der Waals surface area contributed by atoms with E-state index in [0.717, 1.165) is 37.0 Å². The van der Waals surface area contributed by atoms with Gasteiger partial charge in [-0.1, -0.05) is 30.9 Å². The van der Waals surface area contributed by atoms with E-state index in [2.05, 4.69) is 10.3 Å². The number of aromatic nitrogens is 1. The van der Waals surface area contributed by atoms with E-state index in [0.29, 0.717) is 15.8 Å². The summed E-state index contributed by atoms with van der Waals surface area (Å²) in [6.45, 7) is 1.58. The van der Waals surface area contributed by atoms with Crippen molar-refractivity contribution in [2.75, 3.05) is 10.2 Å². The maximum atomic E-state index is 13.2. The number of rotatable bonds is 6. The van der Waals surface area contributed by atoms with Crippen LogP contribution in [0.2, 0.25) is 5.02 Å². The van der Waals surface area contributed by atoms with Crippen molar-refractivity contribution in [2.45, 2.75) is 67.7 Å². The van der Waals surface area contributed by atoms with Crippen LogP contribution in [-0.4, -0.2) is 40.2 Å². The zero-order chi connectivity index (χ0) is 22.7. The Bertz CT molecular complexity index is 995. The number of halogens is 1. The molecule has 0 unspecified atom stereocenters. The third-order valence-corrected chi connectivity index (χ3v) is 7.85. The lowest BCUT2D eigenvalue weighted by atomic mass is 9.94. The predicted molar refractivity (Wildman–Crippen MR) is 126 cm³/mol. The van der Waals surface area contributed by atoms with Crippen LogP contribution >= 0.6 is 34.7 Å². The minimum atomic E-state index is -0.962. The Labute approximate surface area is 199 Å².